The number of hydrogen-bond acceptors (Lipinski definition) is 4. The smallest absolute Gasteiger partial charge is 0.407 e. The van der Waals surface area contributed by atoms with Crippen LogP contribution in [0.25, 0.3) is 0 Å². The maximum Gasteiger partial charge on any atom is 0.407 e. The Balaban J connectivity index is 0.00000200. The van der Waals surface area contributed by atoms with Crippen LogP contribution < -0.4 is 5.32 Å². The lowest BCUT2D eigenvalue weighted by Gasteiger charge is -2.38. The second-order valence-electron chi connectivity index (χ2n) is 5.11. The highest BCUT2D eigenvalue weighted by molar-refractivity contribution is 5.85. The van der Waals surface area contributed by atoms with Crippen LogP contribution in [-0.4, -0.2) is 17.6 Å². The molecule has 1 atom stereocenters. The fraction of sp³-hybridized carbons (Fsp3) is 0.417. The SMILES string of the molecule is CC1(C)COC(=O)N[C@@H]1c1ccc(F)c([N+](=O)[O-])c1.Cl. The summed E-state index contributed by atoms with van der Waals surface area (Å²) in [4.78, 5) is 21.2. The Morgan fingerprint density at radius 2 is 2.15 bits per heavy atom. The molecular weight excluding hydrogens is 291 g/mol. The highest BCUT2D eigenvalue weighted by Crippen LogP contribution is 2.37. The summed E-state index contributed by atoms with van der Waals surface area (Å²) in [6.07, 6.45) is -0.587. The predicted molar refractivity (Wildman–Crippen MR) is 71.3 cm³/mol. The highest BCUT2D eigenvalue weighted by Gasteiger charge is 2.38. The van der Waals surface area contributed by atoms with Crippen LogP contribution in [0.15, 0.2) is 18.2 Å². The molecule has 20 heavy (non-hydrogen) atoms. The summed E-state index contributed by atoms with van der Waals surface area (Å²) >= 11 is 0. The summed E-state index contributed by atoms with van der Waals surface area (Å²) in [5.74, 6) is -0.898. The Morgan fingerprint density at radius 1 is 1.50 bits per heavy atom. The number of amides is 1. The molecule has 1 aliphatic rings. The third-order valence-corrected chi connectivity index (χ3v) is 3.12. The number of alkyl carbamates (subject to hydrolysis) is 1. The molecule has 0 spiro atoms. The van der Waals surface area contributed by atoms with Crippen molar-refractivity contribution in [2.24, 2.45) is 5.41 Å². The van der Waals surface area contributed by atoms with Crippen LogP contribution >= 0.6 is 12.4 Å². The molecule has 1 N–H and O–H groups in total. The van der Waals surface area contributed by atoms with Gasteiger partial charge in [-0.1, -0.05) is 19.9 Å². The van der Waals surface area contributed by atoms with E-state index >= 15 is 0 Å². The van der Waals surface area contributed by atoms with E-state index in [0.717, 1.165) is 12.1 Å². The Bertz CT molecular complexity index is 550. The van der Waals surface area contributed by atoms with Crippen molar-refractivity contribution in [3.63, 3.8) is 0 Å². The fourth-order valence-corrected chi connectivity index (χ4v) is 2.07. The lowest BCUT2D eigenvalue weighted by molar-refractivity contribution is -0.387. The Hall–Kier alpha value is -1.89. The second kappa shape index (κ2) is 5.62. The maximum atomic E-state index is 13.3. The van der Waals surface area contributed by atoms with Gasteiger partial charge >= 0.3 is 11.8 Å². The molecule has 1 saturated heterocycles. The molecule has 8 heteroatoms. The number of hydrogen-bond donors (Lipinski definition) is 1. The molecule has 0 unspecified atom stereocenters. The third kappa shape index (κ3) is 2.98. The Kier molecular flexibility index (Phi) is 4.54. The largest absolute Gasteiger partial charge is 0.449 e. The number of rotatable bonds is 2. The molecule has 0 saturated carbocycles. The normalized spacial score (nSPS) is 20.4. The number of halogens is 2. The second-order valence-corrected chi connectivity index (χ2v) is 5.11. The van der Waals surface area contributed by atoms with Crippen LogP contribution in [0.2, 0.25) is 0 Å². The molecule has 1 amide bonds. The quantitative estimate of drug-likeness (QED) is 0.672. The molecule has 1 aromatic rings. The Labute approximate surface area is 120 Å². The van der Waals surface area contributed by atoms with Gasteiger partial charge in [0.25, 0.3) is 0 Å². The average Bonchev–Trinajstić information content (AvgIpc) is 2.33. The fourth-order valence-electron chi connectivity index (χ4n) is 2.07. The van der Waals surface area contributed by atoms with Crippen molar-refractivity contribution < 1.29 is 18.8 Å². The van der Waals surface area contributed by atoms with E-state index in [4.69, 9.17) is 4.74 Å². The number of nitro benzene ring substituents is 1. The zero-order valence-corrected chi connectivity index (χ0v) is 11.7. The van der Waals surface area contributed by atoms with Gasteiger partial charge in [-0.15, -0.1) is 12.4 Å². The number of benzene rings is 1. The van der Waals surface area contributed by atoms with Crippen LogP contribution in [0, 0.1) is 21.3 Å². The first-order chi connectivity index (χ1) is 8.81. The van der Waals surface area contributed by atoms with Gasteiger partial charge in [0.05, 0.1) is 11.0 Å². The van der Waals surface area contributed by atoms with E-state index in [1.165, 1.54) is 6.07 Å². The zero-order chi connectivity index (χ0) is 14.2. The molecule has 0 aliphatic carbocycles. The summed E-state index contributed by atoms with van der Waals surface area (Å²) in [6.45, 7) is 3.90. The molecule has 0 aromatic heterocycles. The van der Waals surface area contributed by atoms with E-state index in [2.05, 4.69) is 5.32 Å². The Morgan fingerprint density at radius 3 is 2.75 bits per heavy atom. The molecule has 1 heterocycles. The molecule has 0 bridgehead atoms. The molecular formula is C12H14ClFN2O4. The molecule has 2 rings (SSSR count). The van der Waals surface area contributed by atoms with Gasteiger partial charge in [-0.3, -0.25) is 10.1 Å². The maximum absolute atomic E-state index is 13.3. The first-order valence-corrected chi connectivity index (χ1v) is 5.68. The van der Waals surface area contributed by atoms with Crippen molar-refractivity contribution in [2.45, 2.75) is 19.9 Å². The van der Waals surface area contributed by atoms with Crippen molar-refractivity contribution in [1.82, 2.24) is 5.32 Å². The van der Waals surface area contributed by atoms with Crippen LogP contribution in [0.1, 0.15) is 25.5 Å². The van der Waals surface area contributed by atoms with Gasteiger partial charge in [-0.25, -0.2) is 4.79 Å². The predicted octanol–water partition coefficient (Wildman–Crippen LogP) is 2.96. The number of cyclic esters (lactones) is 1. The van der Waals surface area contributed by atoms with E-state index in [1.807, 2.05) is 13.8 Å². The number of ether oxygens (including phenoxy) is 1. The summed E-state index contributed by atoms with van der Waals surface area (Å²) in [7, 11) is 0. The van der Waals surface area contributed by atoms with Gasteiger partial charge in [0, 0.05) is 11.5 Å². The van der Waals surface area contributed by atoms with Gasteiger partial charge < -0.3 is 10.1 Å². The van der Waals surface area contributed by atoms with Gasteiger partial charge in [0.2, 0.25) is 5.82 Å². The summed E-state index contributed by atoms with van der Waals surface area (Å²) in [6, 6.07) is 3.15. The lowest BCUT2D eigenvalue weighted by Crippen LogP contribution is -2.46. The van der Waals surface area contributed by atoms with Crippen LogP contribution in [0.3, 0.4) is 0 Å². The number of nitrogens with zero attached hydrogens (tertiary/aromatic N) is 1. The van der Waals surface area contributed by atoms with E-state index in [-0.39, 0.29) is 19.0 Å². The van der Waals surface area contributed by atoms with E-state index < -0.39 is 34.0 Å². The number of nitro groups is 1. The summed E-state index contributed by atoms with van der Waals surface area (Å²) in [5.41, 5.74) is -0.566. The van der Waals surface area contributed by atoms with Crippen molar-refractivity contribution in [2.75, 3.05) is 6.61 Å². The van der Waals surface area contributed by atoms with Crippen molar-refractivity contribution in [3.05, 3.63) is 39.7 Å². The average molecular weight is 305 g/mol. The lowest BCUT2D eigenvalue weighted by atomic mass is 9.80. The zero-order valence-electron chi connectivity index (χ0n) is 10.9. The number of carbonyl (C=O) groups is 1. The number of nitrogens with one attached hydrogen (secondary N) is 1. The third-order valence-electron chi connectivity index (χ3n) is 3.12. The minimum absolute atomic E-state index is 0. The first-order valence-electron chi connectivity index (χ1n) is 5.68. The molecule has 0 radical (unpaired) electrons. The van der Waals surface area contributed by atoms with Crippen LogP contribution in [0.4, 0.5) is 14.9 Å². The minimum atomic E-state index is -0.898. The van der Waals surface area contributed by atoms with E-state index in [0.29, 0.717) is 5.56 Å². The molecule has 110 valence electrons. The topological polar surface area (TPSA) is 81.5 Å². The van der Waals surface area contributed by atoms with Gasteiger partial charge in [-0.2, -0.15) is 4.39 Å². The summed E-state index contributed by atoms with van der Waals surface area (Å²) in [5, 5.41) is 13.3. The van der Waals surface area contributed by atoms with Gasteiger partial charge in [0.1, 0.15) is 6.61 Å². The van der Waals surface area contributed by atoms with Crippen molar-refractivity contribution >= 4 is 24.2 Å². The molecule has 1 fully saturated rings. The van der Waals surface area contributed by atoms with E-state index in [1.54, 1.807) is 0 Å². The van der Waals surface area contributed by atoms with Gasteiger partial charge in [0.15, 0.2) is 0 Å². The monoisotopic (exact) mass is 304 g/mol. The number of carbonyl (C=O) groups excluding carboxylic acids is 1. The minimum Gasteiger partial charge on any atom is -0.449 e. The first kappa shape index (κ1) is 16.2. The van der Waals surface area contributed by atoms with Crippen molar-refractivity contribution in [1.29, 1.82) is 0 Å². The van der Waals surface area contributed by atoms with Crippen LogP contribution in [0.5, 0.6) is 0 Å². The molecule has 1 aliphatic heterocycles. The van der Waals surface area contributed by atoms with Crippen LogP contribution in [-0.2, 0) is 4.74 Å². The molecule has 1 aromatic carbocycles. The van der Waals surface area contributed by atoms with Gasteiger partial charge in [-0.05, 0) is 11.6 Å². The molecule has 6 nitrogen and oxygen atoms in total. The summed E-state index contributed by atoms with van der Waals surface area (Å²) < 4.78 is 18.2. The van der Waals surface area contributed by atoms with E-state index in [9.17, 15) is 19.3 Å². The van der Waals surface area contributed by atoms with Crippen molar-refractivity contribution in [3.8, 4) is 0 Å². The highest BCUT2D eigenvalue weighted by atomic mass is 35.5. The standard InChI is InChI=1S/C12H13FN2O4.ClH/c1-12(2)6-19-11(16)14-10(12)7-3-4-8(13)9(5-7)15(17)18;/h3-5,10H,6H2,1-2H3,(H,14,16);1H/t10-;/m1./s1.